The van der Waals surface area contributed by atoms with Crippen LogP contribution in [-0.2, 0) is 16.4 Å². The van der Waals surface area contributed by atoms with E-state index in [0.717, 1.165) is 22.5 Å². The zero-order valence-electron chi connectivity index (χ0n) is 10.6. The van der Waals surface area contributed by atoms with Crippen molar-refractivity contribution in [1.82, 2.24) is 14.5 Å². The van der Waals surface area contributed by atoms with Gasteiger partial charge in [0.2, 0.25) is 15.0 Å². The number of sulfone groups is 1. The summed E-state index contributed by atoms with van der Waals surface area (Å²) in [6, 6.07) is 1.84. The predicted octanol–water partition coefficient (Wildman–Crippen LogP) is 2.05. The Morgan fingerprint density at radius 1 is 1.45 bits per heavy atom. The van der Waals surface area contributed by atoms with Gasteiger partial charge in [0, 0.05) is 29.6 Å². The number of rotatable bonds is 4. The van der Waals surface area contributed by atoms with Crippen LogP contribution >= 0.6 is 11.3 Å². The summed E-state index contributed by atoms with van der Waals surface area (Å²) in [5, 5.41) is 2.79. The molecule has 104 valence electrons. The van der Waals surface area contributed by atoms with Crippen LogP contribution in [-0.4, -0.2) is 29.2 Å². The molecule has 3 heterocycles. The van der Waals surface area contributed by atoms with E-state index in [1.165, 1.54) is 17.5 Å². The molecule has 20 heavy (non-hydrogen) atoms. The molecule has 0 aromatic carbocycles. The lowest BCUT2D eigenvalue weighted by Gasteiger charge is -2.03. The molecule has 0 radical (unpaired) electrons. The van der Waals surface area contributed by atoms with Crippen molar-refractivity contribution in [3.05, 3.63) is 42.1 Å². The number of furan rings is 1. The van der Waals surface area contributed by atoms with Crippen LogP contribution in [0.1, 0.15) is 5.69 Å². The van der Waals surface area contributed by atoms with Crippen LogP contribution < -0.4 is 0 Å². The van der Waals surface area contributed by atoms with E-state index in [9.17, 15) is 8.42 Å². The first kappa shape index (κ1) is 13.1. The van der Waals surface area contributed by atoms with E-state index in [4.69, 9.17) is 4.42 Å². The molecule has 0 aliphatic carbocycles. The lowest BCUT2D eigenvalue weighted by atomic mass is 10.3. The van der Waals surface area contributed by atoms with Crippen molar-refractivity contribution in [2.75, 3.05) is 6.26 Å². The molecule has 0 N–H and O–H groups in total. The Morgan fingerprint density at radius 2 is 2.30 bits per heavy atom. The normalized spacial score (nSPS) is 11.8. The van der Waals surface area contributed by atoms with Crippen molar-refractivity contribution < 1.29 is 12.8 Å². The average molecular weight is 309 g/mol. The van der Waals surface area contributed by atoms with E-state index < -0.39 is 9.84 Å². The highest BCUT2D eigenvalue weighted by atomic mass is 32.2. The summed E-state index contributed by atoms with van der Waals surface area (Å²) in [6.45, 7) is 0.372. The molecule has 0 aliphatic heterocycles. The number of nitrogens with zero attached hydrogens (tertiary/aromatic N) is 3. The van der Waals surface area contributed by atoms with Gasteiger partial charge in [-0.15, -0.1) is 11.3 Å². The summed E-state index contributed by atoms with van der Waals surface area (Å²) in [4.78, 5) is 8.34. The van der Waals surface area contributed by atoms with Gasteiger partial charge in [-0.05, 0) is 6.07 Å². The first-order chi connectivity index (χ1) is 9.54. The van der Waals surface area contributed by atoms with Crippen LogP contribution in [0.2, 0.25) is 0 Å². The van der Waals surface area contributed by atoms with Crippen LogP contribution in [0.4, 0.5) is 0 Å². The van der Waals surface area contributed by atoms with Gasteiger partial charge in [-0.2, -0.15) is 0 Å². The number of hydrogen-bond donors (Lipinski definition) is 0. The fourth-order valence-corrected chi connectivity index (χ4v) is 3.42. The topological polar surface area (TPSA) is 78.0 Å². The second-order valence-electron chi connectivity index (χ2n) is 4.27. The van der Waals surface area contributed by atoms with Gasteiger partial charge in [0.15, 0.2) is 0 Å². The molecule has 0 aliphatic rings. The Balaban J connectivity index is 1.88. The summed E-state index contributed by atoms with van der Waals surface area (Å²) < 4.78 is 29.8. The summed E-state index contributed by atoms with van der Waals surface area (Å²) >= 11 is 1.49. The maximum absolute atomic E-state index is 11.6. The van der Waals surface area contributed by atoms with Crippen molar-refractivity contribution in [1.29, 1.82) is 0 Å². The highest BCUT2D eigenvalue weighted by Gasteiger charge is 2.15. The highest BCUT2D eigenvalue weighted by Crippen LogP contribution is 2.24. The van der Waals surface area contributed by atoms with Crippen LogP contribution in [0.5, 0.6) is 0 Å². The third-order valence-electron chi connectivity index (χ3n) is 2.66. The summed E-state index contributed by atoms with van der Waals surface area (Å²) in [7, 11) is -3.33. The molecular formula is C12H11N3O3S2. The monoisotopic (exact) mass is 309 g/mol. The van der Waals surface area contributed by atoms with E-state index in [1.807, 2.05) is 11.4 Å². The summed E-state index contributed by atoms with van der Waals surface area (Å²) in [5.41, 5.74) is 1.70. The van der Waals surface area contributed by atoms with Crippen LogP contribution in [0.3, 0.4) is 0 Å². The lowest BCUT2D eigenvalue weighted by molar-refractivity contribution is 0.568. The van der Waals surface area contributed by atoms with Crippen molar-refractivity contribution >= 4 is 21.2 Å². The maximum atomic E-state index is 11.6. The van der Waals surface area contributed by atoms with Crippen molar-refractivity contribution in [2.45, 2.75) is 11.7 Å². The molecule has 0 unspecified atom stereocenters. The Labute approximate surface area is 119 Å². The Bertz CT molecular complexity index is 816. The number of imidazole rings is 1. The smallest absolute Gasteiger partial charge is 0.227 e. The maximum Gasteiger partial charge on any atom is 0.227 e. The van der Waals surface area contributed by atoms with E-state index in [0.29, 0.717) is 6.54 Å². The predicted molar refractivity (Wildman–Crippen MR) is 74.3 cm³/mol. The van der Waals surface area contributed by atoms with Gasteiger partial charge in [0.25, 0.3) is 0 Å². The van der Waals surface area contributed by atoms with E-state index in [-0.39, 0.29) is 5.16 Å². The fourth-order valence-electron chi connectivity index (χ4n) is 1.82. The van der Waals surface area contributed by atoms with Gasteiger partial charge >= 0.3 is 0 Å². The molecule has 0 spiro atoms. The SMILES string of the molecule is CS(=O)(=O)c1nccn1Cc1csc(-c2ccoc2)n1. The van der Waals surface area contributed by atoms with Crippen LogP contribution in [0.15, 0.2) is 45.9 Å². The van der Waals surface area contributed by atoms with Crippen molar-refractivity contribution in [3.8, 4) is 10.6 Å². The van der Waals surface area contributed by atoms with Gasteiger partial charge in [-0.3, -0.25) is 0 Å². The first-order valence-corrected chi connectivity index (χ1v) is 8.49. The van der Waals surface area contributed by atoms with Crippen LogP contribution in [0, 0.1) is 0 Å². The molecule has 0 fully saturated rings. The third kappa shape index (κ3) is 2.52. The third-order valence-corrected chi connectivity index (χ3v) is 4.60. The number of aromatic nitrogens is 3. The van der Waals surface area contributed by atoms with Gasteiger partial charge in [0.05, 0.1) is 18.5 Å². The molecular weight excluding hydrogens is 298 g/mol. The van der Waals surface area contributed by atoms with E-state index in [1.54, 1.807) is 23.3 Å². The Hall–Kier alpha value is -1.93. The van der Waals surface area contributed by atoms with Crippen molar-refractivity contribution in [2.24, 2.45) is 0 Å². The van der Waals surface area contributed by atoms with E-state index in [2.05, 4.69) is 9.97 Å². The largest absolute Gasteiger partial charge is 0.472 e. The minimum Gasteiger partial charge on any atom is -0.472 e. The second kappa shape index (κ2) is 4.88. The lowest BCUT2D eigenvalue weighted by Crippen LogP contribution is -2.09. The molecule has 0 atom stereocenters. The van der Waals surface area contributed by atoms with Gasteiger partial charge in [0.1, 0.15) is 11.3 Å². The minimum atomic E-state index is -3.33. The van der Waals surface area contributed by atoms with Crippen LogP contribution in [0.25, 0.3) is 10.6 Å². The highest BCUT2D eigenvalue weighted by molar-refractivity contribution is 7.90. The molecule has 8 heteroatoms. The molecule has 3 aromatic heterocycles. The first-order valence-electron chi connectivity index (χ1n) is 5.72. The summed E-state index contributed by atoms with van der Waals surface area (Å²) in [5.74, 6) is 0. The fraction of sp³-hybridized carbons (Fsp3) is 0.167. The Morgan fingerprint density at radius 3 is 3.00 bits per heavy atom. The molecule has 6 nitrogen and oxygen atoms in total. The zero-order valence-corrected chi connectivity index (χ0v) is 12.2. The van der Waals surface area contributed by atoms with E-state index >= 15 is 0 Å². The molecule has 0 amide bonds. The van der Waals surface area contributed by atoms with Gasteiger partial charge < -0.3 is 8.98 Å². The molecule has 0 bridgehead atoms. The zero-order chi connectivity index (χ0) is 14.2. The number of hydrogen-bond acceptors (Lipinski definition) is 6. The minimum absolute atomic E-state index is 0.0513. The van der Waals surface area contributed by atoms with Crippen molar-refractivity contribution in [3.63, 3.8) is 0 Å². The van der Waals surface area contributed by atoms with Gasteiger partial charge in [-0.25, -0.2) is 18.4 Å². The average Bonchev–Trinajstić information content (AvgIpc) is 3.08. The standard InChI is InChI=1S/C12H11N3O3S2/c1-20(16,17)12-13-3-4-15(12)6-10-8-19-11(14-10)9-2-5-18-7-9/h2-5,7-8H,6H2,1H3. The summed E-state index contributed by atoms with van der Waals surface area (Å²) in [6.07, 6.45) is 7.46. The molecule has 0 saturated heterocycles. The quantitative estimate of drug-likeness (QED) is 0.737. The molecule has 0 saturated carbocycles. The Kier molecular flexibility index (Phi) is 3.19. The molecule has 3 rings (SSSR count). The van der Waals surface area contributed by atoms with Gasteiger partial charge in [-0.1, -0.05) is 0 Å². The molecule has 3 aromatic rings. The number of thiazole rings is 1. The second-order valence-corrected chi connectivity index (χ2v) is 7.03.